The van der Waals surface area contributed by atoms with Crippen LogP contribution in [0.15, 0.2) is 47.6 Å². The Bertz CT molecular complexity index is 958. The van der Waals surface area contributed by atoms with Crippen molar-refractivity contribution >= 4 is 44.6 Å². The van der Waals surface area contributed by atoms with E-state index < -0.39 is 0 Å². The summed E-state index contributed by atoms with van der Waals surface area (Å²) in [6.07, 6.45) is 0.725. The second-order valence-corrected chi connectivity index (χ2v) is 7.39. The number of carbonyl (C=O) groups excluding carboxylic acids is 1. The van der Waals surface area contributed by atoms with Gasteiger partial charge in [-0.1, -0.05) is 60.5 Å². The zero-order chi connectivity index (χ0) is 18.0. The summed E-state index contributed by atoms with van der Waals surface area (Å²) in [4.78, 5) is 13.0. The van der Waals surface area contributed by atoms with E-state index in [1.54, 1.807) is 0 Å². The molecule has 1 amide bonds. The fraction of sp³-hybridized carbons (Fsp3) is 0.200. The number of hydrogen-bond donors (Lipinski definition) is 1. The minimum atomic E-state index is -0.276. The summed E-state index contributed by atoms with van der Waals surface area (Å²) in [5.74, 6) is -0.276. The van der Waals surface area contributed by atoms with Crippen molar-refractivity contribution in [2.45, 2.75) is 27.2 Å². The largest absolute Gasteiger partial charge is 0.283 e. The Hall–Kier alpha value is -2.17. The van der Waals surface area contributed by atoms with Crippen molar-refractivity contribution in [2.75, 3.05) is 0 Å². The van der Waals surface area contributed by atoms with Gasteiger partial charge in [-0.2, -0.15) is 5.10 Å². The highest BCUT2D eigenvalue weighted by Gasteiger charge is 2.17. The van der Waals surface area contributed by atoms with Crippen LogP contribution in [0.25, 0.3) is 10.1 Å². The summed E-state index contributed by atoms with van der Waals surface area (Å²) in [5.41, 5.74) is 6.83. The predicted molar refractivity (Wildman–Crippen MR) is 107 cm³/mol. The Morgan fingerprint density at radius 3 is 2.48 bits per heavy atom. The van der Waals surface area contributed by atoms with Gasteiger partial charge in [0.05, 0.1) is 10.7 Å². The molecule has 3 rings (SSSR count). The topological polar surface area (TPSA) is 41.5 Å². The molecule has 0 radical (unpaired) electrons. The molecule has 0 saturated carbocycles. The molecule has 3 nitrogen and oxygen atoms in total. The molecule has 25 heavy (non-hydrogen) atoms. The maximum atomic E-state index is 12.5. The van der Waals surface area contributed by atoms with E-state index in [1.807, 2.05) is 63.2 Å². The van der Waals surface area contributed by atoms with Crippen LogP contribution in [-0.4, -0.2) is 11.6 Å². The second kappa shape index (κ2) is 7.38. The lowest BCUT2D eigenvalue weighted by atomic mass is 10.1. The second-order valence-electron chi connectivity index (χ2n) is 5.96. The summed E-state index contributed by atoms with van der Waals surface area (Å²) in [7, 11) is 0. The van der Waals surface area contributed by atoms with Gasteiger partial charge < -0.3 is 0 Å². The molecule has 0 fully saturated rings. The van der Waals surface area contributed by atoms with Crippen molar-refractivity contribution in [3.8, 4) is 0 Å². The Morgan fingerprint density at radius 1 is 1.12 bits per heavy atom. The summed E-state index contributed by atoms with van der Waals surface area (Å²) in [6.45, 7) is 6.08. The zero-order valence-electron chi connectivity index (χ0n) is 14.4. The fourth-order valence-corrected chi connectivity index (χ4v) is 4.09. The van der Waals surface area contributed by atoms with Gasteiger partial charge in [-0.15, -0.1) is 11.3 Å². The molecule has 0 atom stereocenters. The molecule has 0 aliphatic carbocycles. The minimum Gasteiger partial charge on any atom is -0.266 e. The van der Waals surface area contributed by atoms with Gasteiger partial charge in [-0.05, 0) is 37.5 Å². The highest BCUT2D eigenvalue weighted by molar-refractivity contribution is 7.21. The van der Waals surface area contributed by atoms with Crippen LogP contribution in [0.5, 0.6) is 0 Å². The van der Waals surface area contributed by atoms with Crippen LogP contribution in [-0.2, 0) is 0 Å². The molecule has 1 aromatic heterocycles. The first-order chi connectivity index (χ1) is 12.0. The van der Waals surface area contributed by atoms with E-state index in [1.165, 1.54) is 16.9 Å². The monoisotopic (exact) mass is 370 g/mol. The van der Waals surface area contributed by atoms with Crippen LogP contribution in [0.4, 0.5) is 0 Å². The molecule has 0 bridgehead atoms. The third-order valence-electron chi connectivity index (χ3n) is 4.00. The van der Waals surface area contributed by atoms with Crippen LogP contribution in [0.3, 0.4) is 0 Å². The number of nitrogens with zero attached hydrogens (tertiary/aromatic N) is 1. The van der Waals surface area contributed by atoms with E-state index in [4.69, 9.17) is 11.6 Å². The predicted octanol–water partition coefficient (Wildman–Crippen LogP) is 5.72. The minimum absolute atomic E-state index is 0.276. The SMILES string of the molecule is CC/C(=N\NC(=O)c1sc2cc(C)ccc2c1Cl)c1ccc(C)cc1. The van der Waals surface area contributed by atoms with Gasteiger partial charge >= 0.3 is 0 Å². The number of nitrogens with one attached hydrogen (secondary N) is 1. The molecule has 1 N–H and O–H groups in total. The normalized spacial score (nSPS) is 11.8. The van der Waals surface area contributed by atoms with Crippen LogP contribution in [0.1, 0.15) is 39.7 Å². The van der Waals surface area contributed by atoms with E-state index in [2.05, 4.69) is 10.5 Å². The average Bonchev–Trinajstić information content (AvgIpc) is 2.92. The van der Waals surface area contributed by atoms with Crippen LogP contribution >= 0.6 is 22.9 Å². The molecule has 0 spiro atoms. The van der Waals surface area contributed by atoms with Gasteiger partial charge in [-0.3, -0.25) is 4.79 Å². The number of thiophene rings is 1. The van der Waals surface area contributed by atoms with E-state index in [-0.39, 0.29) is 5.91 Å². The molecule has 3 aromatic rings. The lowest BCUT2D eigenvalue weighted by molar-refractivity contribution is 0.0959. The standard InChI is InChI=1S/C20H19ClN2OS/c1-4-16(14-8-5-12(2)6-9-14)22-23-20(24)19-18(21)15-10-7-13(3)11-17(15)25-19/h5-11H,4H2,1-3H3,(H,23,24)/b22-16+. The summed E-state index contributed by atoms with van der Waals surface area (Å²) < 4.78 is 1.01. The van der Waals surface area contributed by atoms with E-state index in [0.717, 1.165) is 33.3 Å². The first-order valence-corrected chi connectivity index (χ1v) is 9.31. The quantitative estimate of drug-likeness (QED) is 0.463. The van der Waals surface area contributed by atoms with Crippen molar-refractivity contribution in [1.29, 1.82) is 0 Å². The Morgan fingerprint density at radius 2 is 1.80 bits per heavy atom. The lowest BCUT2D eigenvalue weighted by Gasteiger charge is -2.05. The molecule has 0 aliphatic rings. The van der Waals surface area contributed by atoms with Gasteiger partial charge in [0.2, 0.25) is 0 Å². The number of benzene rings is 2. The van der Waals surface area contributed by atoms with E-state index >= 15 is 0 Å². The maximum Gasteiger partial charge on any atom is 0.283 e. The molecule has 0 aliphatic heterocycles. The molecule has 0 unspecified atom stereocenters. The van der Waals surface area contributed by atoms with E-state index in [0.29, 0.717) is 9.90 Å². The van der Waals surface area contributed by atoms with Gasteiger partial charge in [0.25, 0.3) is 5.91 Å². The average molecular weight is 371 g/mol. The van der Waals surface area contributed by atoms with Crippen LogP contribution in [0.2, 0.25) is 5.02 Å². The summed E-state index contributed by atoms with van der Waals surface area (Å²) >= 11 is 7.78. The number of hydrogen-bond acceptors (Lipinski definition) is 3. The third kappa shape index (κ3) is 3.75. The molecule has 0 saturated heterocycles. The van der Waals surface area contributed by atoms with Gasteiger partial charge in [0.1, 0.15) is 4.88 Å². The highest BCUT2D eigenvalue weighted by atomic mass is 35.5. The fourth-order valence-electron chi connectivity index (χ4n) is 2.58. The lowest BCUT2D eigenvalue weighted by Crippen LogP contribution is -2.19. The maximum absolute atomic E-state index is 12.5. The zero-order valence-corrected chi connectivity index (χ0v) is 16.0. The van der Waals surface area contributed by atoms with Gasteiger partial charge in [-0.25, -0.2) is 5.43 Å². The summed E-state index contributed by atoms with van der Waals surface area (Å²) in [6, 6.07) is 14.1. The number of hydrazone groups is 1. The summed E-state index contributed by atoms with van der Waals surface area (Å²) in [5, 5.41) is 5.70. The van der Waals surface area contributed by atoms with Crippen LogP contribution in [0, 0.1) is 13.8 Å². The van der Waals surface area contributed by atoms with Gasteiger partial charge in [0, 0.05) is 10.1 Å². The first-order valence-electron chi connectivity index (χ1n) is 8.12. The number of rotatable bonds is 4. The van der Waals surface area contributed by atoms with Crippen molar-refractivity contribution < 1.29 is 4.79 Å². The molecule has 1 heterocycles. The van der Waals surface area contributed by atoms with Crippen molar-refractivity contribution in [2.24, 2.45) is 5.10 Å². The van der Waals surface area contributed by atoms with E-state index in [9.17, 15) is 4.79 Å². The van der Waals surface area contributed by atoms with Crippen molar-refractivity contribution in [3.05, 3.63) is 69.1 Å². The Kier molecular flexibility index (Phi) is 5.21. The van der Waals surface area contributed by atoms with Gasteiger partial charge in [0.15, 0.2) is 0 Å². The third-order valence-corrected chi connectivity index (χ3v) is 5.66. The molecular formula is C20H19ClN2OS. The number of halogens is 1. The first kappa shape index (κ1) is 17.6. The molecule has 5 heteroatoms. The number of fused-ring (bicyclic) bond motifs is 1. The number of carbonyl (C=O) groups is 1. The molecule has 128 valence electrons. The Labute approximate surface area is 156 Å². The molecular weight excluding hydrogens is 352 g/mol. The van der Waals surface area contributed by atoms with Crippen LogP contribution < -0.4 is 5.43 Å². The Balaban J connectivity index is 1.86. The number of amides is 1. The molecule has 2 aromatic carbocycles. The van der Waals surface area contributed by atoms with Crippen molar-refractivity contribution in [3.63, 3.8) is 0 Å². The number of aryl methyl sites for hydroxylation is 2. The van der Waals surface area contributed by atoms with Crippen molar-refractivity contribution in [1.82, 2.24) is 5.43 Å². The smallest absolute Gasteiger partial charge is 0.266 e. The highest BCUT2D eigenvalue weighted by Crippen LogP contribution is 2.35.